The fraction of sp³-hybridized carbons (Fsp3) is 0.556. The maximum atomic E-state index is 6.47. The van der Waals surface area contributed by atoms with Gasteiger partial charge >= 0.3 is 0 Å². The highest BCUT2D eigenvalue weighted by molar-refractivity contribution is 6.74. The van der Waals surface area contributed by atoms with E-state index in [1.165, 1.54) is 0 Å². The highest BCUT2D eigenvalue weighted by Gasteiger charge is 2.40. The lowest BCUT2D eigenvalue weighted by Gasteiger charge is -2.36. The first-order valence-corrected chi connectivity index (χ1v) is 11.1. The molecule has 0 fully saturated rings. The van der Waals surface area contributed by atoms with E-state index < -0.39 is 8.32 Å². The lowest BCUT2D eigenvalue weighted by molar-refractivity contribution is 0.468. The molecular weight excluding hydrogens is 288 g/mol. The Balaban J connectivity index is 2.45. The van der Waals surface area contributed by atoms with Crippen molar-refractivity contribution in [3.8, 4) is 5.88 Å². The normalized spacial score (nSPS) is 12.6. The van der Waals surface area contributed by atoms with Gasteiger partial charge in [0.2, 0.25) is 5.88 Å². The van der Waals surface area contributed by atoms with Crippen LogP contribution in [0.25, 0.3) is 11.0 Å². The second kappa shape index (κ2) is 6.37. The first-order valence-electron chi connectivity index (χ1n) is 8.19. The molecule has 0 bridgehead atoms. The van der Waals surface area contributed by atoms with Crippen LogP contribution in [-0.4, -0.2) is 18.3 Å². The summed E-state index contributed by atoms with van der Waals surface area (Å²) in [7, 11) is -1.91. The van der Waals surface area contributed by atoms with E-state index in [1.54, 1.807) is 0 Å². The largest absolute Gasteiger partial charge is 0.529 e. The molecular formula is C18H28N2OSi. The first-order chi connectivity index (χ1) is 10.2. The molecule has 0 saturated carbocycles. The summed E-state index contributed by atoms with van der Waals surface area (Å²) < 4.78 is 6.47. The van der Waals surface area contributed by atoms with Gasteiger partial charge in [-0.2, -0.15) is 0 Å². The molecule has 3 nitrogen and oxygen atoms in total. The molecule has 0 radical (unpaired) electrons. The molecule has 4 heteroatoms. The average molecular weight is 317 g/mol. The van der Waals surface area contributed by atoms with Gasteiger partial charge in [0.25, 0.3) is 8.32 Å². The minimum atomic E-state index is -1.91. The van der Waals surface area contributed by atoms with Crippen LogP contribution in [0.4, 0.5) is 0 Å². The van der Waals surface area contributed by atoms with Crippen LogP contribution in [0.1, 0.15) is 46.2 Å². The number of rotatable bonds is 5. The highest BCUT2D eigenvalue weighted by Crippen LogP contribution is 2.37. The topological polar surface area (TPSA) is 35.0 Å². The molecule has 1 heterocycles. The van der Waals surface area contributed by atoms with E-state index >= 15 is 0 Å². The molecule has 0 aliphatic rings. The van der Waals surface area contributed by atoms with Crippen molar-refractivity contribution >= 4 is 19.4 Å². The first kappa shape index (κ1) is 16.9. The van der Waals surface area contributed by atoms with Gasteiger partial charge in [0.15, 0.2) is 0 Å². The number of fused-ring (bicyclic) bond motifs is 1. The molecule has 0 spiro atoms. The maximum absolute atomic E-state index is 6.47. The highest BCUT2D eigenvalue weighted by atomic mass is 28.4. The van der Waals surface area contributed by atoms with Gasteiger partial charge in [0.05, 0.1) is 11.0 Å². The van der Waals surface area contributed by atoms with Crippen molar-refractivity contribution in [2.75, 3.05) is 0 Å². The summed E-state index contributed by atoms with van der Waals surface area (Å²) in [5, 5.41) is 0.155. The Labute approximate surface area is 135 Å². The molecule has 2 aromatic rings. The van der Waals surface area contributed by atoms with Gasteiger partial charge in [-0.15, -0.1) is 0 Å². The van der Waals surface area contributed by atoms with Gasteiger partial charge in [-0.1, -0.05) is 46.2 Å². The van der Waals surface area contributed by atoms with Crippen LogP contribution in [0, 0.1) is 0 Å². The summed E-state index contributed by atoms with van der Waals surface area (Å²) >= 11 is 0. The summed E-state index contributed by atoms with van der Waals surface area (Å²) in [6.07, 6.45) is 3.19. The van der Waals surface area contributed by atoms with Gasteiger partial charge in [-0.05, 0) is 43.1 Å². The Hall–Kier alpha value is -1.42. The molecule has 1 aromatic heterocycles. The van der Waals surface area contributed by atoms with Crippen LogP contribution in [0.15, 0.2) is 24.3 Å². The number of hydrogen-bond donors (Lipinski definition) is 0. The van der Waals surface area contributed by atoms with Gasteiger partial charge in [-0.3, -0.25) is 0 Å². The van der Waals surface area contributed by atoms with Crippen LogP contribution in [0.2, 0.25) is 18.1 Å². The third-order valence-corrected chi connectivity index (χ3v) is 8.85. The second-order valence-electron chi connectivity index (χ2n) is 7.43. The van der Waals surface area contributed by atoms with Gasteiger partial charge < -0.3 is 4.43 Å². The Morgan fingerprint density at radius 2 is 1.64 bits per heavy atom. The maximum Gasteiger partial charge on any atom is 0.252 e. The molecule has 0 atom stereocenters. The van der Waals surface area contributed by atoms with Crippen molar-refractivity contribution in [3.05, 3.63) is 30.0 Å². The average Bonchev–Trinajstić information content (AvgIpc) is 2.43. The smallest absolute Gasteiger partial charge is 0.252 e. The Morgan fingerprint density at radius 1 is 1.05 bits per heavy atom. The number of benzene rings is 1. The fourth-order valence-corrected chi connectivity index (χ4v) is 2.96. The number of nitrogens with zero attached hydrogens (tertiary/aromatic N) is 2. The lowest BCUT2D eigenvalue weighted by Crippen LogP contribution is -2.44. The predicted molar refractivity (Wildman–Crippen MR) is 96.0 cm³/mol. The molecule has 0 saturated heterocycles. The number of unbranched alkanes of at least 4 members (excludes halogenated alkanes) is 1. The number of para-hydroxylation sites is 2. The van der Waals surface area contributed by atoms with Crippen LogP contribution in [-0.2, 0) is 6.42 Å². The molecule has 0 unspecified atom stereocenters. The van der Waals surface area contributed by atoms with E-state index in [-0.39, 0.29) is 5.04 Å². The quantitative estimate of drug-likeness (QED) is 0.697. The van der Waals surface area contributed by atoms with E-state index in [1.807, 2.05) is 24.3 Å². The Morgan fingerprint density at radius 3 is 2.18 bits per heavy atom. The number of hydrogen-bond acceptors (Lipinski definition) is 3. The standard InChI is InChI=1S/C18H28N2OSi/c1-7-8-11-16-17(21-22(5,6)18(2,3)4)20-15-13-10-9-12-14(15)19-16/h9-10,12-13H,7-8,11H2,1-6H3. The minimum absolute atomic E-state index is 0.155. The summed E-state index contributed by atoms with van der Waals surface area (Å²) in [6.45, 7) is 13.5. The zero-order valence-electron chi connectivity index (χ0n) is 14.7. The third kappa shape index (κ3) is 3.66. The van der Waals surface area contributed by atoms with E-state index in [4.69, 9.17) is 14.4 Å². The SMILES string of the molecule is CCCCc1nc2ccccc2nc1O[Si](C)(C)C(C)(C)C. The van der Waals surface area contributed by atoms with Crippen molar-refractivity contribution in [1.29, 1.82) is 0 Å². The number of aromatic nitrogens is 2. The van der Waals surface area contributed by atoms with Crippen molar-refractivity contribution < 1.29 is 4.43 Å². The molecule has 2 rings (SSSR count). The van der Waals surface area contributed by atoms with E-state index in [0.29, 0.717) is 0 Å². The lowest BCUT2D eigenvalue weighted by atomic mass is 10.2. The zero-order chi connectivity index (χ0) is 16.4. The summed E-state index contributed by atoms with van der Waals surface area (Å²) in [4.78, 5) is 9.59. The molecule has 0 aliphatic heterocycles. The molecule has 0 N–H and O–H groups in total. The van der Waals surface area contributed by atoms with Crippen LogP contribution >= 0.6 is 0 Å². The van der Waals surface area contributed by atoms with E-state index in [9.17, 15) is 0 Å². The summed E-state index contributed by atoms with van der Waals surface area (Å²) in [5.41, 5.74) is 2.87. The fourth-order valence-electron chi connectivity index (χ4n) is 2.00. The van der Waals surface area contributed by atoms with E-state index in [2.05, 4.69) is 40.8 Å². The molecule has 120 valence electrons. The van der Waals surface area contributed by atoms with Gasteiger partial charge in [-0.25, -0.2) is 9.97 Å². The van der Waals surface area contributed by atoms with E-state index in [0.717, 1.165) is 41.9 Å². The molecule has 1 aromatic carbocycles. The zero-order valence-corrected chi connectivity index (χ0v) is 15.7. The van der Waals surface area contributed by atoms with Crippen molar-refractivity contribution in [2.24, 2.45) is 0 Å². The molecule has 0 amide bonds. The second-order valence-corrected chi connectivity index (χ2v) is 12.2. The number of aryl methyl sites for hydroxylation is 1. The molecule has 0 aliphatic carbocycles. The van der Waals surface area contributed by atoms with Gasteiger partial charge in [0, 0.05) is 0 Å². The molecule has 22 heavy (non-hydrogen) atoms. The van der Waals surface area contributed by atoms with Gasteiger partial charge in [0.1, 0.15) is 5.69 Å². The third-order valence-electron chi connectivity index (χ3n) is 4.53. The Bertz CT molecular complexity index is 647. The van der Waals surface area contributed by atoms with Crippen LogP contribution in [0.5, 0.6) is 5.88 Å². The van der Waals surface area contributed by atoms with Crippen molar-refractivity contribution in [2.45, 2.75) is 65.1 Å². The van der Waals surface area contributed by atoms with Crippen molar-refractivity contribution in [1.82, 2.24) is 9.97 Å². The van der Waals surface area contributed by atoms with Crippen LogP contribution < -0.4 is 4.43 Å². The summed E-state index contributed by atoms with van der Waals surface area (Å²) in [5.74, 6) is 0.749. The predicted octanol–water partition coefficient (Wildman–Crippen LogP) is 5.36. The van der Waals surface area contributed by atoms with Crippen LogP contribution in [0.3, 0.4) is 0 Å². The monoisotopic (exact) mass is 316 g/mol. The minimum Gasteiger partial charge on any atom is -0.529 e. The summed E-state index contributed by atoms with van der Waals surface area (Å²) in [6, 6.07) is 8.03. The Kier molecular flexibility index (Phi) is 4.90. The van der Waals surface area contributed by atoms with Crippen molar-refractivity contribution in [3.63, 3.8) is 0 Å².